The van der Waals surface area contributed by atoms with E-state index < -0.39 is 0 Å². The fourth-order valence-corrected chi connectivity index (χ4v) is 6.31. The van der Waals surface area contributed by atoms with Crippen LogP contribution in [-0.4, -0.2) is 72.7 Å². The summed E-state index contributed by atoms with van der Waals surface area (Å²) in [5.74, 6) is 0.580. The second-order valence-electron chi connectivity index (χ2n) is 11.0. The van der Waals surface area contributed by atoms with Gasteiger partial charge in [0.15, 0.2) is 0 Å². The van der Waals surface area contributed by atoms with Gasteiger partial charge in [0.25, 0.3) is 5.91 Å². The molecule has 3 aromatic rings. The average Bonchev–Trinajstić information content (AvgIpc) is 3.70. The van der Waals surface area contributed by atoms with Gasteiger partial charge in [-0.1, -0.05) is 42.5 Å². The highest BCUT2D eigenvalue weighted by Gasteiger charge is 2.34. The molecule has 1 unspecified atom stereocenters. The molecule has 3 saturated heterocycles. The summed E-state index contributed by atoms with van der Waals surface area (Å²) in [6.07, 6.45) is 8.15. The van der Waals surface area contributed by atoms with Gasteiger partial charge in [0, 0.05) is 43.4 Å². The Morgan fingerprint density at radius 3 is 2.50 bits per heavy atom. The number of fused-ring (bicyclic) bond motifs is 1. The Bertz CT molecular complexity index is 1210. The Kier molecular flexibility index (Phi) is 8.00. The van der Waals surface area contributed by atoms with Crippen molar-refractivity contribution in [2.45, 2.75) is 50.7 Å². The molecule has 3 aliphatic rings. The first-order valence-electron chi connectivity index (χ1n) is 14.4. The summed E-state index contributed by atoms with van der Waals surface area (Å²) >= 11 is 0. The first kappa shape index (κ1) is 25.5. The third kappa shape index (κ3) is 5.78. The molecule has 3 fully saturated rings. The molecule has 0 aliphatic carbocycles. The lowest BCUT2D eigenvalue weighted by Crippen LogP contribution is -2.44. The minimum atomic E-state index is -0.226. The number of pyridine rings is 1. The number of nitrogens with zero attached hydrogens (tertiary/aromatic N) is 3. The topological polar surface area (TPSA) is 54.9 Å². The van der Waals surface area contributed by atoms with E-state index in [1.54, 1.807) is 0 Å². The maximum atomic E-state index is 12.9. The second-order valence-corrected chi connectivity index (χ2v) is 11.0. The van der Waals surface area contributed by atoms with Crippen LogP contribution in [0, 0.1) is 5.92 Å². The van der Waals surface area contributed by atoms with Crippen molar-refractivity contribution in [2.75, 3.05) is 45.9 Å². The normalized spacial score (nSPS) is 21.8. The van der Waals surface area contributed by atoms with E-state index in [2.05, 4.69) is 52.3 Å². The molecule has 0 saturated carbocycles. The average molecular weight is 514 g/mol. The van der Waals surface area contributed by atoms with E-state index in [1.807, 2.05) is 23.2 Å². The fraction of sp³-hybridized carbons (Fsp3) is 0.500. The van der Waals surface area contributed by atoms with Gasteiger partial charge in [0.1, 0.15) is 6.10 Å². The van der Waals surface area contributed by atoms with Crippen molar-refractivity contribution in [1.29, 1.82) is 0 Å². The van der Waals surface area contributed by atoms with Crippen LogP contribution < -0.4 is 0 Å². The molecule has 2 aromatic carbocycles. The molecular weight excluding hydrogens is 474 g/mol. The molecule has 3 aliphatic heterocycles. The van der Waals surface area contributed by atoms with Crippen LogP contribution in [0.25, 0.3) is 22.0 Å². The highest BCUT2D eigenvalue weighted by atomic mass is 16.5. The molecule has 6 nitrogen and oxygen atoms in total. The predicted molar refractivity (Wildman–Crippen MR) is 150 cm³/mol. The zero-order valence-corrected chi connectivity index (χ0v) is 22.3. The lowest BCUT2D eigenvalue weighted by atomic mass is 9.86. The highest BCUT2D eigenvalue weighted by molar-refractivity contribution is 5.83. The minimum absolute atomic E-state index is 0.0429. The molecular formula is C32H39N3O3. The van der Waals surface area contributed by atoms with Crippen molar-refractivity contribution in [2.24, 2.45) is 5.92 Å². The second kappa shape index (κ2) is 11.9. The smallest absolute Gasteiger partial charge is 0.251 e. The molecule has 200 valence electrons. The molecule has 6 heteroatoms. The first-order valence-corrected chi connectivity index (χ1v) is 14.4. The summed E-state index contributed by atoms with van der Waals surface area (Å²) in [5, 5.41) is 1.15. The molecule has 2 atom stereocenters. The van der Waals surface area contributed by atoms with Crippen LogP contribution in [0.1, 0.15) is 50.2 Å². The number of carbonyl (C=O) groups excluding carboxylic acids is 1. The van der Waals surface area contributed by atoms with E-state index in [1.165, 1.54) is 37.1 Å². The van der Waals surface area contributed by atoms with Gasteiger partial charge >= 0.3 is 0 Å². The van der Waals surface area contributed by atoms with Gasteiger partial charge in [0.2, 0.25) is 0 Å². The van der Waals surface area contributed by atoms with Crippen molar-refractivity contribution < 1.29 is 14.3 Å². The highest BCUT2D eigenvalue weighted by Crippen LogP contribution is 2.35. The maximum absolute atomic E-state index is 12.9. The van der Waals surface area contributed by atoms with Crippen molar-refractivity contribution >= 4 is 16.8 Å². The number of hydrogen-bond acceptors (Lipinski definition) is 5. The van der Waals surface area contributed by atoms with Gasteiger partial charge in [-0.2, -0.15) is 0 Å². The van der Waals surface area contributed by atoms with Gasteiger partial charge in [-0.25, -0.2) is 0 Å². The molecule has 1 aromatic heterocycles. The van der Waals surface area contributed by atoms with Crippen LogP contribution in [0.3, 0.4) is 0 Å². The van der Waals surface area contributed by atoms with E-state index >= 15 is 0 Å². The van der Waals surface area contributed by atoms with Gasteiger partial charge in [-0.3, -0.25) is 9.78 Å². The number of amides is 1. The third-order valence-corrected chi connectivity index (χ3v) is 8.55. The van der Waals surface area contributed by atoms with Crippen LogP contribution in [-0.2, 0) is 14.3 Å². The number of ether oxygens (including phenoxy) is 2. The summed E-state index contributed by atoms with van der Waals surface area (Å²) in [5.41, 5.74) is 4.54. The fourth-order valence-electron chi connectivity index (χ4n) is 6.31. The maximum Gasteiger partial charge on any atom is 0.251 e. The molecule has 0 N–H and O–H groups in total. The van der Waals surface area contributed by atoms with Crippen molar-refractivity contribution in [3.63, 3.8) is 0 Å². The third-order valence-electron chi connectivity index (χ3n) is 8.55. The Balaban J connectivity index is 1.15. The monoisotopic (exact) mass is 513 g/mol. The van der Waals surface area contributed by atoms with E-state index in [4.69, 9.17) is 9.47 Å². The Morgan fingerprint density at radius 2 is 1.74 bits per heavy atom. The molecule has 0 bridgehead atoms. The van der Waals surface area contributed by atoms with E-state index in [0.717, 1.165) is 68.4 Å². The first-order chi connectivity index (χ1) is 18.7. The number of piperidine rings is 1. The Morgan fingerprint density at radius 1 is 0.947 bits per heavy atom. The molecule has 1 amide bonds. The van der Waals surface area contributed by atoms with Crippen LogP contribution in [0.4, 0.5) is 0 Å². The summed E-state index contributed by atoms with van der Waals surface area (Å²) in [6.45, 7) is 6.40. The summed E-state index contributed by atoms with van der Waals surface area (Å²) in [7, 11) is 0. The lowest BCUT2D eigenvalue weighted by Gasteiger charge is -2.37. The summed E-state index contributed by atoms with van der Waals surface area (Å²) in [4.78, 5) is 22.1. The minimum Gasteiger partial charge on any atom is -0.372 e. The summed E-state index contributed by atoms with van der Waals surface area (Å²) < 4.78 is 12.3. The quantitative estimate of drug-likeness (QED) is 0.400. The van der Waals surface area contributed by atoms with Crippen LogP contribution >= 0.6 is 0 Å². The van der Waals surface area contributed by atoms with Crippen molar-refractivity contribution in [3.8, 4) is 11.1 Å². The Hall–Kier alpha value is -2.80. The number of likely N-dealkylation sites (tertiary alicyclic amines) is 2. The van der Waals surface area contributed by atoms with Crippen LogP contribution in [0.2, 0.25) is 0 Å². The molecule has 6 rings (SSSR count). The van der Waals surface area contributed by atoms with Gasteiger partial charge < -0.3 is 19.3 Å². The number of benzene rings is 2. The molecule has 38 heavy (non-hydrogen) atoms. The van der Waals surface area contributed by atoms with Crippen LogP contribution in [0.15, 0.2) is 60.8 Å². The van der Waals surface area contributed by atoms with E-state index in [9.17, 15) is 4.79 Å². The molecule has 0 radical (unpaired) electrons. The molecule has 4 heterocycles. The number of para-hydroxylation sites is 1. The number of aromatic nitrogens is 1. The van der Waals surface area contributed by atoms with E-state index in [0.29, 0.717) is 12.5 Å². The number of carbonyl (C=O) groups is 1. The van der Waals surface area contributed by atoms with Crippen molar-refractivity contribution in [1.82, 2.24) is 14.8 Å². The Labute approximate surface area is 225 Å². The standard InChI is InChI=1S/C32H39N3O3/c36-32(30-8-5-20-37-30)35-17-13-26(14-18-35)31(38-21-19-34-15-3-4-16-34)25-11-9-24(10-12-25)28-22-27-6-1-2-7-29(27)33-23-28/h1-2,6-7,9-12,22-23,26,30-31H,3-5,8,13-21H2/t30-,31?/m1/s1. The summed E-state index contributed by atoms with van der Waals surface area (Å²) in [6, 6.07) is 19.3. The zero-order chi connectivity index (χ0) is 25.7. The van der Waals surface area contributed by atoms with E-state index in [-0.39, 0.29) is 18.1 Å². The van der Waals surface area contributed by atoms with Gasteiger partial charge in [-0.15, -0.1) is 0 Å². The number of rotatable bonds is 8. The van der Waals surface area contributed by atoms with Gasteiger partial charge in [0.05, 0.1) is 18.2 Å². The zero-order valence-electron chi connectivity index (χ0n) is 22.3. The molecule has 0 spiro atoms. The van der Waals surface area contributed by atoms with Crippen LogP contribution in [0.5, 0.6) is 0 Å². The van der Waals surface area contributed by atoms with Gasteiger partial charge in [-0.05, 0) is 80.8 Å². The largest absolute Gasteiger partial charge is 0.372 e. The SMILES string of the molecule is O=C([C@H]1CCCO1)N1CCC(C(OCCN2CCCC2)c2ccc(-c3cnc4ccccc4c3)cc2)CC1. The lowest BCUT2D eigenvalue weighted by molar-refractivity contribution is -0.143. The van der Waals surface area contributed by atoms with Crippen molar-refractivity contribution in [3.05, 3.63) is 66.4 Å². The predicted octanol–water partition coefficient (Wildman–Crippen LogP) is 5.47. The number of hydrogen-bond donors (Lipinski definition) is 0.